The summed E-state index contributed by atoms with van der Waals surface area (Å²) in [5, 5.41) is 6.71. The number of nitrogens with one attached hydrogen (secondary N) is 2. The molecule has 29 heavy (non-hydrogen) atoms. The van der Waals surface area contributed by atoms with Crippen LogP contribution in [0, 0.1) is 0 Å². The molecule has 0 radical (unpaired) electrons. The smallest absolute Gasteiger partial charge is 0.418 e. The van der Waals surface area contributed by atoms with Crippen LogP contribution in [0.3, 0.4) is 0 Å². The first-order chi connectivity index (χ1) is 13.9. The number of rotatable bonds is 6. The van der Waals surface area contributed by atoms with Crippen molar-refractivity contribution in [3.05, 3.63) is 59.5 Å². The number of hydrogen-bond donors (Lipinski definition) is 2. The summed E-state index contributed by atoms with van der Waals surface area (Å²) in [6.45, 7) is 2.66. The first kappa shape index (κ1) is 20.7. The summed E-state index contributed by atoms with van der Waals surface area (Å²) in [4.78, 5) is 16.4. The van der Waals surface area contributed by atoms with Gasteiger partial charge in [0.25, 0.3) is 0 Å². The van der Waals surface area contributed by atoms with Crippen LogP contribution in [-0.2, 0) is 6.18 Å². The number of alkyl halides is 3. The molecule has 0 unspecified atom stereocenters. The summed E-state index contributed by atoms with van der Waals surface area (Å²) < 4.78 is 44.6. The van der Waals surface area contributed by atoms with E-state index in [2.05, 4.69) is 15.6 Å². The Bertz CT molecular complexity index is 972. The van der Waals surface area contributed by atoms with Crippen molar-refractivity contribution in [2.45, 2.75) is 19.5 Å². The molecule has 0 saturated heterocycles. The van der Waals surface area contributed by atoms with Crippen molar-refractivity contribution in [2.75, 3.05) is 17.2 Å². The molecule has 0 aliphatic rings. The molecule has 0 saturated carbocycles. The van der Waals surface area contributed by atoms with Crippen molar-refractivity contribution >= 4 is 28.2 Å². The van der Waals surface area contributed by atoms with Gasteiger partial charge in [0.1, 0.15) is 5.75 Å². The topological polar surface area (TPSA) is 63.2 Å². The minimum atomic E-state index is -4.56. The Labute approximate surface area is 169 Å². The fourth-order valence-electron chi connectivity index (χ4n) is 2.50. The number of anilines is 2. The lowest BCUT2D eigenvalue weighted by molar-refractivity contribution is -0.136. The standard InChI is InChI=1S/C20H18F3N3O2S/c1-2-11-28-14-9-7-13(8-10-14)17-12-29-19(25-17)26-18(27)24-16-6-4-3-5-15(16)20(21,22)23/h3-10,12H,2,11H2,1H3,(H2,24,25,26,27). The second-order valence-corrected chi connectivity index (χ2v) is 6.89. The average Bonchev–Trinajstić information content (AvgIpc) is 3.14. The fraction of sp³-hybridized carbons (Fsp3) is 0.200. The van der Waals surface area contributed by atoms with E-state index in [1.807, 2.05) is 31.2 Å². The van der Waals surface area contributed by atoms with E-state index >= 15 is 0 Å². The molecule has 2 aromatic carbocycles. The molecule has 3 aromatic rings. The number of carbonyl (C=O) groups is 1. The van der Waals surface area contributed by atoms with E-state index in [1.54, 1.807) is 5.38 Å². The predicted molar refractivity (Wildman–Crippen MR) is 107 cm³/mol. The maximum absolute atomic E-state index is 13.0. The lowest BCUT2D eigenvalue weighted by Crippen LogP contribution is -2.21. The zero-order chi connectivity index (χ0) is 20.9. The number of ether oxygens (including phenoxy) is 1. The third kappa shape index (κ3) is 5.47. The number of urea groups is 1. The molecule has 0 aliphatic heterocycles. The molecule has 1 aromatic heterocycles. The molecule has 5 nitrogen and oxygen atoms in total. The lowest BCUT2D eigenvalue weighted by Gasteiger charge is -2.13. The fourth-order valence-corrected chi connectivity index (χ4v) is 3.21. The van der Waals surface area contributed by atoms with Gasteiger partial charge >= 0.3 is 12.2 Å². The van der Waals surface area contributed by atoms with Crippen LogP contribution in [-0.4, -0.2) is 17.6 Å². The maximum atomic E-state index is 13.0. The van der Waals surface area contributed by atoms with Gasteiger partial charge < -0.3 is 10.1 Å². The van der Waals surface area contributed by atoms with Crippen LogP contribution in [0.25, 0.3) is 11.3 Å². The third-order valence-corrected chi connectivity index (χ3v) is 4.59. The second-order valence-electron chi connectivity index (χ2n) is 6.03. The molecule has 3 rings (SSSR count). The van der Waals surface area contributed by atoms with Crippen LogP contribution in [0.15, 0.2) is 53.9 Å². The first-order valence-corrected chi connectivity index (χ1v) is 9.68. The minimum Gasteiger partial charge on any atom is -0.494 e. The molecule has 9 heteroatoms. The number of thiazole rings is 1. The molecule has 0 bridgehead atoms. The summed E-state index contributed by atoms with van der Waals surface area (Å²) in [5.74, 6) is 0.756. The Morgan fingerprint density at radius 3 is 2.52 bits per heavy atom. The van der Waals surface area contributed by atoms with E-state index in [4.69, 9.17) is 4.74 Å². The molecular formula is C20H18F3N3O2S. The SMILES string of the molecule is CCCOc1ccc(-c2csc(NC(=O)Nc3ccccc3C(F)(F)F)n2)cc1. The van der Waals surface area contributed by atoms with E-state index in [-0.39, 0.29) is 10.8 Å². The van der Waals surface area contributed by atoms with Gasteiger partial charge in [0, 0.05) is 10.9 Å². The van der Waals surface area contributed by atoms with Crippen molar-refractivity contribution in [2.24, 2.45) is 0 Å². The highest BCUT2D eigenvalue weighted by Crippen LogP contribution is 2.34. The van der Waals surface area contributed by atoms with Crippen LogP contribution in [0.1, 0.15) is 18.9 Å². The van der Waals surface area contributed by atoms with E-state index in [9.17, 15) is 18.0 Å². The Morgan fingerprint density at radius 1 is 1.10 bits per heavy atom. The zero-order valence-electron chi connectivity index (χ0n) is 15.4. The average molecular weight is 421 g/mol. The number of hydrogen-bond acceptors (Lipinski definition) is 4. The van der Waals surface area contributed by atoms with E-state index in [0.717, 1.165) is 23.8 Å². The molecule has 0 aliphatic carbocycles. The van der Waals surface area contributed by atoms with Crippen molar-refractivity contribution in [3.63, 3.8) is 0 Å². The number of para-hydroxylation sites is 1. The van der Waals surface area contributed by atoms with Crippen LogP contribution in [0.5, 0.6) is 5.75 Å². The van der Waals surface area contributed by atoms with Crippen molar-refractivity contribution in [1.82, 2.24) is 4.98 Å². The summed E-state index contributed by atoms with van der Waals surface area (Å²) in [6.07, 6.45) is -3.65. The van der Waals surface area contributed by atoms with E-state index in [1.165, 1.54) is 29.5 Å². The number of benzene rings is 2. The Hall–Kier alpha value is -3.07. The van der Waals surface area contributed by atoms with Crippen LogP contribution < -0.4 is 15.4 Å². The van der Waals surface area contributed by atoms with Crippen molar-refractivity contribution in [3.8, 4) is 17.0 Å². The first-order valence-electron chi connectivity index (χ1n) is 8.80. The summed E-state index contributed by atoms with van der Waals surface area (Å²) in [7, 11) is 0. The molecule has 0 atom stereocenters. The largest absolute Gasteiger partial charge is 0.494 e. The summed E-state index contributed by atoms with van der Waals surface area (Å²) >= 11 is 1.17. The van der Waals surface area contributed by atoms with Crippen LogP contribution in [0.4, 0.5) is 28.8 Å². The molecular weight excluding hydrogens is 403 g/mol. The van der Waals surface area contributed by atoms with Gasteiger partial charge in [-0.3, -0.25) is 5.32 Å². The number of halogens is 3. The highest BCUT2D eigenvalue weighted by molar-refractivity contribution is 7.14. The Kier molecular flexibility index (Phi) is 6.38. The summed E-state index contributed by atoms with van der Waals surface area (Å²) in [5.41, 5.74) is 0.237. The zero-order valence-corrected chi connectivity index (χ0v) is 16.2. The lowest BCUT2D eigenvalue weighted by atomic mass is 10.1. The summed E-state index contributed by atoms with van der Waals surface area (Å²) in [6, 6.07) is 11.3. The molecule has 2 N–H and O–H groups in total. The predicted octanol–water partition coefficient (Wildman–Crippen LogP) is 6.26. The quantitative estimate of drug-likeness (QED) is 0.494. The number of carbonyl (C=O) groups excluding carboxylic acids is 1. The molecule has 152 valence electrons. The van der Waals surface area contributed by atoms with Gasteiger partial charge in [0.2, 0.25) is 0 Å². The van der Waals surface area contributed by atoms with Crippen molar-refractivity contribution < 1.29 is 22.7 Å². The van der Waals surface area contributed by atoms with Crippen LogP contribution >= 0.6 is 11.3 Å². The third-order valence-electron chi connectivity index (χ3n) is 3.83. The number of aromatic nitrogens is 1. The van der Waals surface area contributed by atoms with E-state index in [0.29, 0.717) is 12.3 Å². The van der Waals surface area contributed by atoms with Crippen molar-refractivity contribution in [1.29, 1.82) is 0 Å². The van der Waals surface area contributed by atoms with Gasteiger partial charge in [-0.25, -0.2) is 9.78 Å². The molecule has 2 amide bonds. The van der Waals surface area contributed by atoms with Gasteiger partial charge in [-0.05, 0) is 42.8 Å². The monoisotopic (exact) mass is 421 g/mol. The Balaban J connectivity index is 1.65. The van der Waals surface area contributed by atoms with Gasteiger partial charge in [-0.2, -0.15) is 13.2 Å². The van der Waals surface area contributed by atoms with E-state index < -0.39 is 17.8 Å². The normalized spacial score (nSPS) is 11.2. The molecule has 0 spiro atoms. The highest BCUT2D eigenvalue weighted by Gasteiger charge is 2.33. The van der Waals surface area contributed by atoms with Gasteiger partial charge in [0.15, 0.2) is 5.13 Å². The van der Waals surface area contributed by atoms with Crippen LogP contribution in [0.2, 0.25) is 0 Å². The second kappa shape index (κ2) is 8.95. The van der Waals surface area contributed by atoms with Gasteiger partial charge in [-0.15, -0.1) is 11.3 Å². The highest BCUT2D eigenvalue weighted by atomic mass is 32.1. The number of nitrogens with zero attached hydrogens (tertiary/aromatic N) is 1. The van der Waals surface area contributed by atoms with Gasteiger partial charge in [-0.1, -0.05) is 19.1 Å². The minimum absolute atomic E-state index is 0.272. The number of amides is 2. The van der Waals surface area contributed by atoms with Gasteiger partial charge in [0.05, 0.1) is 23.6 Å². The Morgan fingerprint density at radius 2 is 1.83 bits per heavy atom. The molecule has 1 heterocycles. The molecule has 0 fully saturated rings. The maximum Gasteiger partial charge on any atom is 0.418 e.